The molecule has 2 N–H and O–H groups in total. The quantitative estimate of drug-likeness (QED) is 0.272. The van der Waals surface area contributed by atoms with Crippen molar-refractivity contribution in [2.75, 3.05) is 5.32 Å². The zero-order chi connectivity index (χ0) is 19.8. The van der Waals surface area contributed by atoms with Crippen LogP contribution in [0, 0.1) is 6.92 Å². The van der Waals surface area contributed by atoms with Crippen LogP contribution in [0.15, 0.2) is 90.0 Å². The molecular weight excluding hydrogens is 366 g/mol. The van der Waals surface area contributed by atoms with Gasteiger partial charge in [-0.2, -0.15) is 5.10 Å². The highest BCUT2D eigenvalue weighted by molar-refractivity contribution is 7.80. The van der Waals surface area contributed by atoms with Crippen LogP contribution in [0.5, 0.6) is 0 Å². The van der Waals surface area contributed by atoms with Crippen LogP contribution in [-0.4, -0.2) is 16.6 Å². The summed E-state index contributed by atoms with van der Waals surface area (Å²) >= 11 is 5.33. The normalized spacial score (nSPS) is 11.0. The van der Waals surface area contributed by atoms with Crippen molar-refractivity contribution in [1.29, 1.82) is 0 Å². The second-order valence-corrected chi connectivity index (χ2v) is 6.73. The number of thiocarbonyl (C=S) groups is 1. The van der Waals surface area contributed by atoms with Gasteiger partial charge in [0.15, 0.2) is 10.9 Å². The molecule has 0 aliphatic carbocycles. The molecular formula is C23H21N3OS. The summed E-state index contributed by atoms with van der Waals surface area (Å²) in [6, 6.07) is 26.7. The molecule has 0 radical (unpaired) electrons. The summed E-state index contributed by atoms with van der Waals surface area (Å²) in [6.07, 6.45) is 0.175. The molecule has 3 aromatic rings. The molecule has 0 fully saturated rings. The molecule has 4 nitrogen and oxygen atoms in total. The summed E-state index contributed by atoms with van der Waals surface area (Å²) in [5.74, 6) is 0.00224. The SMILES string of the molecule is Cc1ccc(NC(=S)N/N=C(/CC(=O)c2ccccc2)c2ccccc2)cc1. The van der Waals surface area contributed by atoms with Gasteiger partial charge < -0.3 is 5.32 Å². The zero-order valence-corrected chi connectivity index (χ0v) is 16.4. The number of Topliss-reactive ketones (excluding diaryl/α,β-unsaturated/α-hetero) is 1. The number of rotatable bonds is 6. The van der Waals surface area contributed by atoms with E-state index in [9.17, 15) is 4.79 Å². The number of carbonyl (C=O) groups excluding carboxylic acids is 1. The molecule has 3 aromatic carbocycles. The first-order valence-corrected chi connectivity index (χ1v) is 9.36. The van der Waals surface area contributed by atoms with Gasteiger partial charge in [-0.3, -0.25) is 10.2 Å². The Morgan fingerprint density at radius 1 is 0.857 bits per heavy atom. The third-order valence-corrected chi connectivity index (χ3v) is 4.33. The Kier molecular flexibility index (Phi) is 6.65. The van der Waals surface area contributed by atoms with Gasteiger partial charge in [0.1, 0.15) is 0 Å². The lowest BCUT2D eigenvalue weighted by Crippen LogP contribution is -2.26. The van der Waals surface area contributed by atoms with Crippen LogP contribution in [0.1, 0.15) is 27.9 Å². The first-order valence-electron chi connectivity index (χ1n) is 8.96. The van der Waals surface area contributed by atoms with E-state index < -0.39 is 0 Å². The summed E-state index contributed by atoms with van der Waals surface area (Å²) < 4.78 is 0. The fourth-order valence-corrected chi connectivity index (χ4v) is 2.79. The molecule has 0 heterocycles. The maximum Gasteiger partial charge on any atom is 0.191 e. The lowest BCUT2D eigenvalue weighted by Gasteiger charge is -2.10. The van der Waals surface area contributed by atoms with E-state index in [0.717, 1.165) is 11.3 Å². The van der Waals surface area contributed by atoms with Gasteiger partial charge in [-0.05, 0) is 36.8 Å². The molecule has 0 aromatic heterocycles. The van der Waals surface area contributed by atoms with E-state index in [-0.39, 0.29) is 12.2 Å². The molecule has 0 aliphatic heterocycles. The van der Waals surface area contributed by atoms with Gasteiger partial charge in [0.05, 0.1) is 12.1 Å². The van der Waals surface area contributed by atoms with Crippen molar-refractivity contribution in [3.05, 3.63) is 102 Å². The molecule has 140 valence electrons. The Balaban J connectivity index is 1.74. The first-order chi connectivity index (χ1) is 13.6. The summed E-state index contributed by atoms with van der Waals surface area (Å²) in [6.45, 7) is 2.03. The molecule has 0 atom stereocenters. The number of nitrogens with one attached hydrogen (secondary N) is 2. The maximum absolute atomic E-state index is 12.6. The number of benzene rings is 3. The van der Waals surface area contributed by atoms with Crippen LogP contribution >= 0.6 is 12.2 Å². The molecule has 0 spiro atoms. The highest BCUT2D eigenvalue weighted by atomic mass is 32.1. The van der Waals surface area contributed by atoms with E-state index in [2.05, 4.69) is 15.8 Å². The number of aryl methyl sites for hydroxylation is 1. The largest absolute Gasteiger partial charge is 0.331 e. The van der Waals surface area contributed by atoms with Crippen molar-refractivity contribution in [3.8, 4) is 0 Å². The van der Waals surface area contributed by atoms with Crippen LogP contribution in [0.25, 0.3) is 0 Å². The minimum absolute atomic E-state index is 0.00224. The lowest BCUT2D eigenvalue weighted by atomic mass is 10.0. The van der Waals surface area contributed by atoms with E-state index in [1.807, 2.05) is 91.9 Å². The molecule has 0 unspecified atom stereocenters. The Labute approximate surface area is 170 Å². The van der Waals surface area contributed by atoms with Gasteiger partial charge in [0.2, 0.25) is 0 Å². The van der Waals surface area contributed by atoms with E-state index >= 15 is 0 Å². The molecule has 3 rings (SSSR count). The number of nitrogens with zero attached hydrogens (tertiary/aromatic N) is 1. The van der Waals surface area contributed by atoms with Crippen LogP contribution < -0.4 is 10.7 Å². The van der Waals surface area contributed by atoms with Crippen molar-refractivity contribution < 1.29 is 4.79 Å². The highest BCUT2D eigenvalue weighted by Crippen LogP contribution is 2.11. The second-order valence-electron chi connectivity index (χ2n) is 6.32. The molecule has 0 aliphatic rings. The maximum atomic E-state index is 12.6. The Bertz CT molecular complexity index is 968. The Hall–Kier alpha value is -3.31. The van der Waals surface area contributed by atoms with Crippen molar-refractivity contribution in [3.63, 3.8) is 0 Å². The van der Waals surface area contributed by atoms with Gasteiger partial charge in [0, 0.05) is 11.3 Å². The third-order valence-electron chi connectivity index (χ3n) is 4.13. The van der Waals surface area contributed by atoms with E-state index in [1.165, 1.54) is 5.56 Å². The molecule has 0 saturated heterocycles. The third kappa shape index (κ3) is 5.59. The molecule has 0 saturated carbocycles. The molecule has 0 bridgehead atoms. The zero-order valence-electron chi connectivity index (χ0n) is 15.6. The average Bonchev–Trinajstić information content (AvgIpc) is 2.74. The number of hydrazone groups is 1. The number of hydrogen-bond donors (Lipinski definition) is 2. The predicted molar refractivity (Wildman–Crippen MR) is 119 cm³/mol. The van der Waals surface area contributed by atoms with E-state index in [1.54, 1.807) is 0 Å². The smallest absolute Gasteiger partial charge is 0.191 e. The van der Waals surface area contributed by atoms with Gasteiger partial charge in [-0.15, -0.1) is 0 Å². The van der Waals surface area contributed by atoms with Crippen molar-refractivity contribution in [2.24, 2.45) is 5.10 Å². The molecule has 5 heteroatoms. The minimum Gasteiger partial charge on any atom is -0.331 e. The highest BCUT2D eigenvalue weighted by Gasteiger charge is 2.12. The first kappa shape index (κ1) is 19.5. The predicted octanol–water partition coefficient (Wildman–Crippen LogP) is 4.96. The van der Waals surface area contributed by atoms with E-state index in [0.29, 0.717) is 16.4 Å². The minimum atomic E-state index is 0.00224. The van der Waals surface area contributed by atoms with Crippen molar-refractivity contribution >= 4 is 34.5 Å². The summed E-state index contributed by atoms with van der Waals surface area (Å²) in [5, 5.41) is 7.87. The Morgan fingerprint density at radius 2 is 1.43 bits per heavy atom. The molecule has 0 amide bonds. The fourth-order valence-electron chi connectivity index (χ4n) is 2.63. The van der Waals surface area contributed by atoms with Crippen LogP contribution in [0.3, 0.4) is 0 Å². The monoisotopic (exact) mass is 387 g/mol. The second kappa shape index (κ2) is 9.58. The average molecular weight is 388 g/mol. The van der Waals surface area contributed by atoms with Gasteiger partial charge in [-0.25, -0.2) is 0 Å². The van der Waals surface area contributed by atoms with Crippen LogP contribution in [0.4, 0.5) is 5.69 Å². The van der Waals surface area contributed by atoms with Crippen molar-refractivity contribution in [2.45, 2.75) is 13.3 Å². The Morgan fingerprint density at radius 3 is 2.04 bits per heavy atom. The summed E-state index contributed by atoms with van der Waals surface area (Å²) in [5.41, 5.74) is 7.07. The van der Waals surface area contributed by atoms with Crippen LogP contribution in [-0.2, 0) is 0 Å². The van der Waals surface area contributed by atoms with E-state index in [4.69, 9.17) is 12.2 Å². The van der Waals surface area contributed by atoms with Gasteiger partial charge >= 0.3 is 0 Å². The summed E-state index contributed by atoms with van der Waals surface area (Å²) in [4.78, 5) is 12.6. The van der Waals surface area contributed by atoms with Crippen LogP contribution in [0.2, 0.25) is 0 Å². The number of anilines is 1. The number of carbonyl (C=O) groups is 1. The van der Waals surface area contributed by atoms with Gasteiger partial charge in [-0.1, -0.05) is 78.4 Å². The number of ketones is 1. The lowest BCUT2D eigenvalue weighted by molar-refractivity contribution is 0.100. The summed E-state index contributed by atoms with van der Waals surface area (Å²) in [7, 11) is 0. The van der Waals surface area contributed by atoms with Gasteiger partial charge in [0.25, 0.3) is 0 Å². The molecule has 28 heavy (non-hydrogen) atoms. The van der Waals surface area contributed by atoms with Crippen molar-refractivity contribution in [1.82, 2.24) is 5.43 Å². The topological polar surface area (TPSA) is 53.5 Å². The number of hydrogen-bond acceptors (Lipinski definition) is 3. The standard InChI is InChI=1S/C23H21N3OS/c1-17-12-14-20(15-13-17)24-23(28)26-25-21(18-8-4-2-5-9-18)16-22(27)19-10-6-3-7-11-19/h2-15H,16H2,1H3,(H2,24,26,28)/b25-21-. The fraction of sp³-hybridized carbons (Fsp3) is 0.0870.